The van der Waals surface area contributed by atoms with Gasteiger partial charge in [0.2, 0.25) is 5.91 Å². The Hall–Kier alpha value is -0.870. The Morgan fingerprint density at radius 2 is 2.20 bits per heavy atom. The molecule has 4 heteroatoms. The van der Waals surface area contributed by atoms with Gasteiger partial charge in [-0.1, -0.05) is 31.9 Å². The lowest BCUT2D eigenvalue weighted by molar-refractivity contribution is -0.120. The molecular weight excluding hydrogens is 194 g/mol. The van der Waals surface area contributed by atoms with Crippen LogP contribution in [0.1, 0.15) is 33.1 Å². The summed E-state index contributed by atoms with van der Waals surface area (Å²) in [6.07, 6.45) is 5.76. The normalized spacial score (nSPS) is 15.2. The summed E-state index contributed by atoms with van der Waals surface area (Å²) in [4.78, 5) is 10.7. The molecule has 88 valence electrons. The van der Waals surface area contributed by atoms with E-state index in [1.807, 2.05) is 6.08 Å². The van der Waals surface area contributed by atoms with E-state index in [0.29, 0.717) is 0 Å². The minimum Gasteiger partial charge on any atom is -0.394 e. The first-order valence-corrected chi connectivity index (χ1v) is 5.34. The van der Waals surface area contributed by atoms with E-state index < -0.39 is 12.1 Å². The highest BCUT2D eigenvalue weighted by Crippen LogP contribution is 2.00. The highest BCUT2D eigenvalue weighted by molar-refractivity contribution is 5.73. The third-order valence-electron chi connectivity index (χ3n) is 2.06. The minimum atomic E-state index is -0.823. The van der Waals surface area contributed by atoms with Crippen LogP contribution in [0, 0.1) is 0 Å². The fourth-order valence-corrected chi connectivity index (χ4v) is 1.19. The van der Waals surface area contributed by atoms with E-state index in [-0.39, 0.29) is 12.5 Å². The predicted molar refractivity (Wildman–Crippen MR) is 59.4 cm³/mol. The minimum absolute atomic E-state index is 0.255. The lowest BCUT2D eigenvalue weighted by Gasteiger charge is -2.18. The monoisotopic (exact) mass is 215 g/mol. The quantitative estimate of drug-likeness (QED) is 0.430. The number of rotatable bonds is 7. The Kier molecular flexibility index (Phi) is 7.95. The first-order chi connectivity index (χ1) is 7.11. The first-order valence-electron chi connectivity index (χ1n) is 5.34. The topological polar surface area (TPSA) is 69.6 Å². The molecule has 0 rings (SSSR count). The van der Waals surface area contributed by atoms with Crippen LogP contribution in [0.5, 0.6) is 0 Å². The van der Waals surface area contributed by atoms with Crippen molar-refractivity contribution in [3.8, 4) is 0 Å². The van der Waals surface area contributed by atoms with Crippen molar-refractivity contribution in [1.29, 1.82) is 0 Å². The van der Waals surface area contributed by atoms with Crippen molar-refractivity contribution in [3.05, 3.63) is 12.2 Å². The summed E-state index contributed by atoms with van der Waals surface area (Å²) in [5.41, 5.74) is 0. The first kappa shape index (κ1) is 14.1. The van der Waals surface area contributed by atoms with Gasteiger partial charge < -0.3 is 15.5 Å². The fourth-order valence-electron chi connectivity index (χ4n) is 1.19. The summed E-state index contributed by atoms with van der Waals surface area (Å²) < 4.78 is 0. The Bertz CT molecular complexity index is 204. The molecule has 0 saturated heterocycles. The number of hydrogen-bond donors (Lipinski definition) is 3. The molecule has 2 unspecified atom stereocenters. The van der Waals surface area contributed by atoms with Crippen LogP contribution in [0.2, 0.25) is 0 Å². The lowest BCUT2D eigenvalue weighted by Crippen LogP contribution is -2.44. The van der Waals surface area contributed by atoms with Gasteiger partial charge in [0.05, 0.1) is 18.8 Å². The second kappa shape index (κ2) is 8.44. The van der Waals surface area contributed by atoms with Crippen LogP contribution in [0.25, 0.3) is 0 Å². The van der Waals surface area contributed by atoms with Gasteiger partial charge in [0, 0.05) is 6.92 Å². The number of unbranched alkanes of at least 4 members (excludes halogenated alkanes) is 2. The van der Waals surface area contributed by atoms with Crippen LogP contribution in [0.15, 0.2) is 12.2 Å². The molecule has 0 radical (unpaired) electrons. The van der Waals surface area contributed by atoms with E-state index in [2.05, 4.69) is 12.2 Å². The number of carbonyl (C=O) groups is 1. The highest BCUT2D eigenvalue weighted by atomic mass is 16.3. The molecule has 0 saturated carbocycles. The van der Waals surface area contributed by atoms with Crippen molar-refractivity contribution in [1.82, 2.24) is 5.32 Å². The zero-order valence-corrected chi connectivity index (χ0v) is 9.44. The summed E-state index contributed by atoms with van der Waals surface area (Å²) in [7, 11) is 0. The Balaban J connectivity index is 3.97. The van der Waals surface area contributed by atoms with Gasteiger partial charge in [-0.15, -0.1) is 0 Å². The van der Waals surface area contributed by atoms with Crippen molar-refractivity contribution < 1.29 is 15.0 Å². The van der Waals surface area contributed by atoms with Gasteiger partial charge in [-0.2, -0.15) is 0 Å². The standard InChI is InChI=1S/C11H21NO3/c1-3-4-5-6-7-11(15)10(8-13)12-9(2)14/h6-7,10-11,13,15H,3-5,8H2,1-2H3,(H,12,14)/b7-6+. The molecule has 15 heavy (non-hydrogen) atoms. The molecule has 0 bridgehead atoms. The van der Waals surface area contributed by atoms with E-state index >= 15 is 0 Å². The Morgan fingerprint density at radius 3 is 2.67 bits per heavy atom. The smallest absolute Gasteiger partial charge is 0.217 e. The summed E-state index contributed by atoms with van der Waals surface area (Å²) in [6, 6.07) is -0.611. The predicted octanol–water partition coefficient (Wildman–Crippen LogP) is 0.591. The average molecular weight is 215 g/mol. The van der Waals surface area contributed by atoms with Gasteiger partial charge >= 0.3 is 0 Å². The SMILES string of the molecule is CCCC/C=C/C(O)C(CO)NC(C)=O. The Morgan fingerprint density at radius 1 is 1.53 bits per heavy atom. The van der Waals surface area contributed by atoms with Gasteiger partial charge in [-0.05, 0) is 6.42 Å². The molecule has 0 spiro atoms. The molecular formula is C11H21NO3. The molecule has 4 nitrogen and oxygen atoms in total. The molecule has 2 atom stereocenters. The number of aliphatic hydroxyl groups excluding tert-OH is 2. The molecule has 0 aliphatic heterocycles. The van der Waals surface area contributed by atoms with E-state index in [1.165, 1.54) is 6.92 Å². The maximum absolute atomic E-state index is 10.7. The molecule has 0 heterocycles. The van der Waals surface area contributed by atoms with Gasteiger partial charge in [-0.25, -0.2) is 0 Å². The molecule has 1 amide bonds. The average Bonchev–Trinajstić information content (AvgIpc) is 2.20. The van der Waals surface area contributed by atoms with Crippen molar-refractivity contribution in [3.63, 3.8) is 0 Å². The number of hydrogen-bond acceptors (Lipinski definition) is 3. The number of allylic oxidation sites excluding steroid dienone is 1. The highest BCUT2D eigenvalue weighted by Gasteiger charge is 2.15. The summed E-state index contributed by atoms with van der Waals surface area (Å²) >= 11 is 0. The zero-order chi connectivity index (χ0) is 11.7. The molecule has 0 aliphatic rings. The summed E-state index contributed by atoms with van der Waals surface area (Å²) in [5.74, 6) is -0.255. The van der Waals surface area contributed by atoms with Crippen molar-refractivity contribution >= 4 is 5.91 Å². The van der Waals surface area contributed by atoms with Crippen LogP contribution in [-0.4, -0.2) is 34.9 Å². The van der Waals surface area contributed by atoms with Crippen LogP contribution in [0.3, 0.4) is 0 Å². The second-order valence-electron chi connectivity index (χ2n) is 3.55. The van der Waals surface area contributed by atoms with Crippen LogP contribution in [-0.2, 0) is 4.79 Å². The second-order valence-corrected chi connectivity index (χ2v) is 3.55. The molecule has 3 N–H and O–H groups in total. The van der Waals surface area contributed by atoms with Gasteiger partial charge in [0.25, 0.3) is 0 Å². The number of aliphatic hydroxyl groups is 2. The number of carbonyl (C=O) groups excluding carboxylic acids is 1. The number of nitrogens with one attached hydrogen (secondary N) is 1. The van der Waals surface area contributed by atoms with Crippen molar-refractivity contribution in [2.24, 2.45) is 0 Å². The molecule has 0 aromatic heterocycles. The maximum atomic E-state index is 10.7. The van der Waals surface area contributed by atoms with E-state index in [9.17, 15) is 9.90 Å². The van der Waals surface area contributed by atoms with E-state index in [4.69, 9.17) is 5.11 Å². The lowest BCUT2D eigenvalue weighted by atomic mass is 10.1. The summed E-state index contributed by atoms with van der Waals surface area (Å²) in [6.45, 7) is 3.19. The van der Waals surface area contributed by atoms with E-state index in [0.717, 1.165) is 19.3 Å². The Labute approximate surface area is 91.0 Å². The fraction of sp³-hybridized carbons (Fsp3) is 0.727. The van der Waals surface area contributed by atoms with Crippen LogP contribution >= 0.6 is 0 Å². The maximum Gasteiger partial charge on any atom is 0.217 e. The number of amides is 1. The van der Waals surface area contributed by atoms with Gasteiger partial charge in [-0.3, -0.25) is 4.79 Å². The molecule has 0 aromatic rings. The van der Waals surface area contributed by atoms with E-state index in [1.54, 1.807) is 6.08 Å². The molecule has 0 aliphatic carbocycles. The zero-order valence-electron chi connectivity index (χ0n) is 9.44. The van der Waals surface area contributed by atoms with Gasteiger partial charge in [0.15, 0.2) is 0 Å². The third kappa shape index (κ3) is 7.11. The van der Waals surface area contributed by atoms with Crippen molar-refractivity contribution in [2.75, 3.05) is 6.61 Å². The van der Waals surface area contributed by atoms with Crippen LogP contribution < -0.4 is 5.32 Å². The van der Waals surface area contributed by atoms with Crippen molar-refractivity contribution in [2.45, 2.75) is 45.3 Å². The summed E-state index contributed by atoms with van der Waals surface area (Å²) in [5, 5.41) is 21.0. The molecule has 0 fully saturated rings. The van der Waals surface area contributed by atoms with Gasteiger partial charge in [0.1, 0.15) is 0 Å². The van der Waals surface area contributed by atoms with Crippen LogP contribution in [0.4, 0.5) is 0 Å². The molecule has 0 aromatic carbocycles. The largest absolute Gasteiger partial charge is 0.394 e. The third-order valence-corrected chi connectivity index (χ3v) is 2.06.